The molecule has 1 aliphatic rings. The Labute approximate surface area is 209 Å². The number of ether oxygens (including phenoxy) is 2. The van der Waals surface area contributed by atoms with Gasteiger partial charge in [-0.2, -0.15) is 0 Å². The van der Waals surface area contributed by atoms with Crippen LogP contribution in [0.2, 0.25) is 0 Å². The Morgan fingerprint density at radius 2 is 1.74 bits per heavy atom. The summed E-state index contributed by atoms with van der Waals surface area (Å²) in [5, 5.41) is 1.03. The summed E-state index contributed by atoms with van der Waals surface area (Å²) in [6.45, 7) is 7.63. The van der Waals surface area contributed by atoms with Crippen molar-refractivity contribution in [2.45, 2.75) is 65.6 Å². The monoisotopic (exact) mass is 474 g/mol. The molecular formula is C30H38N2O3. The molecule has 1 amide bonds. The van der Waals surface area contributed by atoms with Crippen LogP contribution in [0.4, 0.5) is 0 Å². The van der Waals surface area contributed by atoms with Gasteiger partial charge in [-0.25, -0.2) is 4.98 Å². The highest BCUT2D eigenvalue weighted by molar-refractivity contribution is 5.86. The molecular weight excluding hydrogens is 436 g/mol. The molecule has 0 unspecified atom stereocenters. The number of likely N-dealkylation sites (tertiary alicyclic amines) is 1. The zero-order valence-electron chi connectivity index (χ0n) is 21.2. The average Bonchev–Trinajstić information content (AvgIpc) is 2.89. The van der Waals surface area contributed by atoms with Crippen LogP contribution in [0.3, 0.4) is 0 Å². The highest BCUT2D eigenvalue weighted by atomic mass is 16.5. The van der Waals surface area contributed by atoms with Crippen molar-refractivity contribution in [2.24, 2.45) is 5.92 Å². The van der Waals surface area contributed by atoms with E-state index in [4.69, 9.17) is 14.5 Å². The van der Waals surface area contributed by atoms with Gasteiger partial charge in [-0.15, -0.1) is 0 Å². The molecule has 0 radical (unpaired) electrons. The molecule has 5 heteroatoms. The van der Waals surface area contributed by atoms with Gasteiger partial charge < -0.3 is 14.4 Å². The fourth-order valence-electron chi connectivity index (χ4n) is 4.74. The topological polar surface area (TPSA) is 51.7 Å². The number of unbranched alkanes of at least 4 members (excludes halogenated alkanes) is 2. The third-order valence-electron chi connectivity index (χ3n) is 6.96. The molecule has 0 atom stereocenters. The normalized spacial score (nSPS) is 14.4. The second kappa shape index (κ2) is 12.7. The molecule has 0 N–H and O–H groups in total. The van der Waals surface area contributed by atoms with Crippen LogP contribution in [0.1, 0.15) is 62.3 Å². The quantitative estimate of drug-likeness (QED) is 0.299. The first-order valence-electron chi connectivity index (χ1n) is 13.1. The fourth-order valence-corrected chi connectivity index (χ4v) is 4.74. The number of aromatic nitrogens is 1. The number of hydrogen-bond acceptors (Lipinski definition) is 4. The number of nitrogens with zero attached hydrogens (tertiary/aromatic N) is 2. The Morgan fingerprint density at radius 1 is 1.00 bits per heavy atom. The second-order valence-corrected chi connectivity index (χ2v) is 9.60. The number of para-hydroxylation sites is 1. The van der Waals surface area contributed by atoms with Gasteiger partial charge in [-0.1, -0.05) is 62.2 Å². The molecule has 5 nitrogen and oxygen atoms in total. The SMILES string of the molecule is CCCCCC(=O)N1CCC(COCc2nc3ccccc3c(OCc3ccccc3)c2C)CC1. The minimum atomic E-state index is 0.317. The Balaban J connectivity index is 1.33. The van der Waals surface area contributed by atoms with Gasteiger partial charge in [0.2, 0.25) is 5.91 Å². The van der Waals surface area contributed by atoms with E-state index in [-0.39, 0.29) is 0 Å². The summed E-state index contributed by atoms with van der Waals surface area (Å²) in [7, 11) is 0. The molecule has 0 spiro atoms. The molecule has 35 heavy (non-hydrogen) atoms. The number of amides is 1. The van der Waals surface area contributed by atoms with Gasteiger partial charge >= 0.3 is 0 Å². The number of carbonyl (C=O) groups is 1. The lowest BCUT2D eigenvalue weighted by atomic mass is 9.97. The smallest absolute Gasteiger partial charge is 0.222 e. The molecule has 186 valence electrons. The maximum absolute atomic E-state index is 12.4. The van der Waals surface area contributed by atoms with E-state index in [9.17, 15) is 4.79 Å². The lowest BCUT2D eigenvalue weighted by Gasteiger charge is -2.32. The van der Waals surface area contributed by atoms with Gasteiger partial charge in [-0.3, -0.25) is 4.79 Å². The van der Waals surface area contributed by atoms with Crippen LogP contribution in [0.15, 0.2) is 54.6 Å². The van der Waals surface area contributed by atoms with E-state index >= 15 is 0 Å². The zero-order valence-corrected chi connectivity index (χ0v) is 21.2. The van der Waals surface area contributed by atoms with Crippen LogP contribution in [-0.4, -0.2) is 35.5 Å². The van der Waals surface area contributed by atoms with Crippen molar-refractivity contribution in [2.75, 3.05) is 19.7 Å². The highest BCUT2D eigenvalue weighted by Gasteiger charge is 2.23. The lowest BCUT2D eigenvalue weighted by Crippen LogP contribution is -2.39. The summed E-state index contributed by atoms with van der Waals surface area (Å²) in [5.41, 5.74) is 4.03. The van der Waals surface area contributed by atoms with E-state index in [1.165, 1.54) is 0 Å². The molecule has 0 bridgehead atoms. The number of piperidine rings is 1. The predicted molar refractivity (Wildman–Crippen MR) is 140 cm³/mol. The van der Waals surface area contributed by atoms with Gasteiger partial charge in [0, 0.05) is 30.5 Å². The molecule has 1 aliphatic heterocycles. The van der Waals surface area contributed by atoms with Crippen molar-refractivity contribution in [1.29, 1.82) is 0 Å². The van der Waals surface area contributed by atoms with Crippen molar-refractivity contribution in [3.63, 3.8) is 0 Å². The van der Waals surface area contributed by atoms with E-state index in [2.05, 4.69) is 32.0 Å². The zero-order chi connectivity index (χ0) is 24.5. The summed E-state index contributed by atoms with van der Waals surface area (Å²) in [6.07, 6.45) is 6.00. The molecule has 3 aromatic rings. The van der Waals surface area contributed by atoms with E-state index in [0.717, 1.165) is 78.7 Å². The van der Waals surface area contributed by atoms with Crippen molar-refractivity contribution in [1.82, 2.24) is 9.88 Å². The molecule has 4 rings (SSSR count). The maximum atomic E-state index is 12.4. The molecule has 2 aromatic carbocycles. The molecule has 0 aliphatic carbocycles. The summed E-state index contributed by atoms with van der Waals surface area (Å²) in [4.78, 5) is 19.3. The van der Waals surface area contributed by atoms with Gasteiger partial charge in [0.05, 0.1) is 24.4 Å². The molecule has 0 saturated carbocycles. The predicted octanol–water partition coefficient (Wildman–Crippen LogP) is 6.46. The van der Waals surface area contributed by atoms with E-state index in [1.54, 1.807) is 0 Å². The van der Waals surface area contributed by atoms with Crippen molar-refractivity contribution < 1.29 is 14.3 Å². The van der Waals surface area contributed by atoms with Crippen LogP contribution in [0.5, 0.6) is 5.75 Å². The van der Waals surface area contributed by atoms with Crippen LogP contribution < -0.4 is 4.74 Å². The van der Waals surface area contributed by atoms with E-state index in [1.807, 2.05) is 41.3 Å². The number of carbonyl (C=O) groups excluding carboxylic acids is 1. The van der Waals surface area contributed by atoms with Crippen molar-refractivity contribution in [3.8, 4) is 5.75 Å². The van der Waals surface area contributed by atoms with Gasteiger partial charge in [0.15, 0.2) is 0 Å². The average molecular weight is 475 g/mol. The van der Waals surface area contributed by atoms with Gasteiger partial charge in [0.25, 0.3) is 0 Å². The third-order valence-corrected chi connectivity index (χ3v) is 6.96. The molecule has 1 saturated heterocycles. The maximum Gasteiger partial charge on any atom is 0.222 e. The first kappa shape index (κ1) is 25.2. The first-order valence-corrected chi connectivity index (χ1v) is 13.1. The van der Waals surface area contributed by atoms with Crippen molar-refractivity contribution in [3.05, 3.63) is 71.4 Å². The summed E-state index contributed by atoms with van der Waals surface area (Å²) < 4.78 is 12.5. The summed E-state index contributed by atoms with van der Waals surface area (Å²) in [5.74, 6) is 1.69. The number of rotatable bonds is 11. The Bertz CT molecular complexity index is 1090. The van der Waals surface area contributed by atoms with Crippen LogP contribution in [0.25, 0.3) is 10.9 Å². The minimum absolute atomic E-state index is 0.317. The molecule has 1 aromatic heterocycles. The minimum Gasteiger partial charge on any atom is -0.488 e. The number of pyridine rings is 1. The van der Waals surface area contributed by atoms with Crippen LogP contribution >= 0.6 is 0 Å². The fraction of sp³-hybridized carbons (Fsp3) is 0.467. The Kier molecular flexibility index (Phi) is 9.13. The van der Waals surface area contributed by atoms with Gasteiger partial charge in [-0.05, 0) is 49.8 Å². The van der Waals surface area contributed by atoms with Gasteiger partial charge in [0.1, 0.15) is 12.4 Å². The van der Waals surface area contributed by atoms with Crippen LogP contribution in [-0.2, 0) is 22.7 Å². The summed E-state index contributed by atoms with van der Waals surface area (Å²) in [6, 6.07) is 18.4. The summed E-state index contributed by atoms with van der Waals surface area (Å²) >= 11 is 0. The highest BCUT2D eigenvalue weighted by Crippen LogP contribution is 2.31. The third kappa shape index (κ3) is 6.82. The van der Waals surface area contributed by atoms with Crippen molar-refractivity contribution >= 4 is 16.8 Å². The first-order chi connectivity index (χ1) is 17.2. The molecule has 2 heterocycles. The Morgan fingerprint density at radius 3 is 2.51 bits per heavy atom. The lowest BCUT2D eigenvalue weighted by molar-refractivity contribution is -0.133. The largest absolute Gasteiger partial charge is 0.488 e. The number of benzene rings is 2. The van der Waals surface area contributed by atoms with Crippen LogP contribution in [0, 0.1) is 12.8 Å². The number of hydrogen-bond donors (Lipinski definition) is 0. The molecule has 1 fully saturated rings. The standard InChI is InChI=1S/C30H38N2O3/c1-3-4-6-15-29(33)32-18-16-25(17-19-32)20-34-22-28-23(2)30(26-13-9-10-14-27(26)31-28)35-21-24-11-7-5-8-12-24/h5,7-14,25H,3-4,6,15-22H2,1-2H3. The number of fused-ring (bicyclic) bond motifs is 1. The Hall–Kier alpha value is -2.92. The second-order valence-electron chi connectivity index (χ2n) is 9.60. The van der Waals surface area contributed by atoms with E-state index < -0.39 is 0 Å². The van der Waals surface area contributed by atoms with E-state index in [0.29, 0.717) is 38.1 Å².